The predicted octanol–water partition coefficient (Wildman–Crippen LogP) is 7.80. The summed E-state index contributed by atoms with van der Waals surface area (Å²) in [5.74, 6) is 2.20. The van der Waals surface area contributed by atoms with Crippen molar-refractivity contribution in [2.24, 2.45) is 0 Å². The fourth-order valence-corrected chi connectivity index (χ4v) is 4.19. The first-order valence-electron chi connectivity index (χ1n) is 11.8. The largest absolute Gasteiger partial charge is 0.493 e. The van der Waals surface area contributed by atoms with E-state index in [9.17, 15) is 0 Å². The minimum absolute atomic E-state index is 0.788. The third-order valence-electron chi connectivity index (χ3n) is 5.92. The van der Waals surface area contributed by atoms with E-state index in [1.807, 2.05) is 0 Å². The van der Waals surface area contributed by atoms with Crippen molar-refractivity contribution >= 4 is 10.8 Å². The molecular weight excluding hydrogens is 356 g/mol. The highest BCUT2D eigenvalue weighted by atomic mass is 16.5. The summed E-state index contributed by atoms with van der Waals surface area (Å²) in [6, 6.07) is 8.65. The second kappa shape index (κ2) is 11.3. The van der Waals surface area contributed by atoms with Crippen LogP contribution in [0.1, 0.15) is 83.3 Å². The summed E-state index contributed by atoms with van der Waals surface area (Å²) in [5.41, 5.74) is 4.30. The highest BCUT2D eigenvalue weighted by molar-refractivity contribution is 5.96. The lowest BCUT2D eigenvalue weighted by Crippen LogP contribution is -2.11. The summed E-state index contributed by atoms with van der Waals surface area (Å²) >= 11 is 0. The molecule has 1 aliphatic rings. The Labute approximate surface area is 177 Å². The van der Waals surface area contributed by atoms with Gasteiger partial charge in [0.25, 0.3) is 0 Å². The van der Waals surface area contributed by atoms with Crippen molar-refractivity contribution in [2.45, 2.75) is 85.0 Å². The van der Waals surface area contributed by atoms with Crippen molar-refractivity contribution < 1.29 is 9.47 Å². The molecule has 0 amide bonds. The quantitative estimate of drug-likeness (QED) is 0.270. The van der Waals surface area contributed by atoms with E-state index in [0.29, 0.717) is 0 Å². The van der Waals surface area contributed by atoms with Gasteiger partial charge < -0.3 is 9.47 Å². The van der Waals surface area contributed by atoms with Gasteiger partial charge in [-0.3, -0.25) is 0 Å². The SMILES string of the molecule is CCCCCC1=CCc2c(c(OCCCC)c3ccccc3c2OCCCC)C1. The van der Waals surface area contributed by atoms with E-state index in [0.717, 1.165) is 63.2 Å². The molecule has 0 atom stereocenters. The Morgan fingerprint density at radius 2 is 1.31 bits per heavy atom. The second-order valence-corrected chi connectivity index (χ2v) is 8.27. The fraction of sp³-hybridized carbons (Fsp3) is 0.556. The standard InChI is InChI=1S/C27H38O2/c1-4-7-10-13-21-16-17-24-25(20-21)27(29-19-9-6-3)23-15-12-11-14-22(23)26(24)28-18-8-5-2/h11-12,14-16H,4-10,13,17-20H2,1-3H3. The maximum absolute atomic E-state index is 6.43. The molecule has 2 nitrogen and oxygen atoms in total. The number of fused-ring (bicyclic) bond motifs is 2. The van der Waals surface area contributed by atoms with Crippen molar-refractivity contribution in [1.29, 1.82) is 0 Å². The van der Waals surface area contributed by atoms with Gasteiger partial charge in [0, 0.05) is 21.9 Å². The van der Waals surface area contributed by atoms with Gasteiger partial charge in [-0.2, -0.15) is 0 Å². The van der Waals surface area contributed by atoms with E-state index in [2.05, 4.69) is 51.1 Å². The van der Waals surface area contributed by atoms with Gasteiger partial charge in [-0.05, 0) is 38.5 Å². The zero-order chi connectivity index (χ0) is 20.5. The first-order valence-corrected chi connectivity index (χ1v) is 11.8. The van der Waals surface area contributed by atoms with Crippen LogP contribution in [-0.4, -0.2) is 13.2 Å². The molecule has 0 spiro atoms. The Bertz CT molecular complexity index is 819. The smallest absolute Gasteiger partial charge is 0.131 e. The molecule has 0 unspecified atom stereocenters. The first-order chi connectivity index (χ1) is 14.3. The summed E-state index contributed by atoms with van der Waals surface area (Å²) in [7, 11) is 0. The van der Waals surface area contributed by atoms with Crippen molar-refractivity contribution in [3.8, 4) is 11.5 Å². The van der Waals surface area contributed by atoms with Gasteiger partial charge >= 0.3 is 0 Å². The molecule has 2 aromatic rings. The van der Waals surface area contributed by atoms with Crippen molar-refractivity contribution in [2.75, 3.05) is 13.2 Å². The molecule has 158 valence electrons. The molecule has 0 N–H and O–H groups in total. The van der Waals surface area contributed by atoms with Gasteiger partial charge in [-0.1, -0.05) is 82.4 Å². The Balaban J connectivity index is 2.01. The summed E-state index contributed by atoms with van der Waals surface area (Å²) < 4.78 is 12.8. The average Bonchev–Trinajstić information content (AvgIpc) is 2.75. The third-order valence-corrected chi connectivity index (χ3v) is 5.92. The molecule has 0 radical (unpaired) electrons. The van der Waals surface area contributed by atoms with Crippen LogP contribution >= 0.6 is 0 Å². The number of allylic oxidation sites excluding steroid dienone is 2. The summed E-state index contributed by atoms with van der Waals surface area (Å²) in [4.78, 5) is 0. The highest BCUT2D eigenvalue weighted by Gasteiger charge is 2.24. The lowest BCUT2D eigenvalue weighted by Gasteiger charge is -2.26. The third kappa shape index (κ3) is 5.35. The molecule has 0 fully saturated rings. The van der Waals surface area contributed by atoms with Crippen LogP contribution in [0.3, 0.4) is 0 Å². The molecule has 2 aromatic carbocycles. The normalized spacial score (nSPS) is 13.3. The van der Waals surface area contributed by atoms with E-state index in [1.54, 1.807) is 5.57 Å². The molecule has 0 bridgehead atoms. The molecular formula is C27H38O2. The van der Waals surface area contributed by atoms with Crippen molar-refractivity contribution in [3.05, 3.63) is 47.0 Å². The van der Waals surface area contributed by atoms with Crippen LogP contribution < -0.4 is 9.47 Å². The second-order valence-electron chi connectivity index (χ2n) is 8.27. The zero-order valence-electron chi connectivity index (χ0n) is 18.7. The van der Waals surface area contributed by atoms with Crippen LogP contribution in [0.5, 0.6) is 11.5 Å². The van der Waals surface area contributed by atoms with Gasteiger partial charge in [0.15, 0.2) is 0 Å². The van der Waals surface area contributed by atoms with Gasteiger partial charge in [0.1, 0.15) is 11.5 Å². The molecule has 0 aromatic heterocycles. The lowest BCUT2D eigenvalue weighted by atomic mass is 9.85. The van der Waals surface area contributed by atoms with Crippen LogP contribution in [0.4, 0.5) is 0 Å². The van der Waals surface area contributed by atoms with E-state index in [-0.39, 0.29) is 0 Å². The Kier molecular flexibility index (Phi) is 8.46. The van der Waals surface area contributed by atoms with E-state index in [4.69, 9.17) is 9.47 Å². The molecule has 3 rings (SSSR count). The van der Waals surface area contributed by atoms with E-state index < -0.39 is 0 Å². The number of ether oxygens (including phenoxy) is 2. The topological polar surface area (TPSA) is 18.5 Å². The number of hydrogen-bond donors (Lipinski definition) is 0. The maximum atomic E-state index is 6.43. The molecule has 0 aliphatic heterocycles. The number of benzene rings is 2. The summed E-state index contributed by atoms with van der Waals surface area (Å²) in [5, 5.41) is 2.42. The summed E-state index contributed by atoms with van der Waals surface area (Å²) in [6.45, 7) is 8.28. The van der Waals surface area contributed by atoms with Crippen molar-refractivity contribution in [3.63, 3.8) is 0 Å². The maximum Gasteiger partial charge on any atom is 0.131 e. The van der Waals surface area contributed by atoms with Crippen LogP contribution in [0.15, 0.2) is 35.9 Å². The van der Waals surface area contributed by atoms with Gasteiger partial charge in [0.2, 0.25) is 0 Å². The molecule has 29 heavy (non-hydrogen) atoms. The molecule has 2 heteroatoms. The first kappa shape index (κ1) is 21.7. The Morgan fingerprint density at radius 3 is 1.90 bits per heavy atom. The van der Waals surface area contributed by atoms with E-state index in [1.165, 1.54) is 47.6 Å². The van der Waals surface area contributed by atoms with Crippen LogP contribution in [0.2, 0.25) is 0 Å². The minimum Gasteiger partial charge on any atom is -0.493 e. The Morgan fingerprint density at radius 1 is 0.724 bits per heavy atom. The molecule has 0 saturated heterocycles. The number of unbranched alkanes of at least 4 members (excludes halogenated alkanes) is 4. The molecule has 1 aliphatic carbocycles. The van der Waals surface area contributed by atoms with Gasteiger partial charge in [0.05, 0.1) is 13.2 Å². The molecule has 0 heterocycles. The molecule has 0 saturated carbocycles. The Hall–Kier alpha value is -1.96. The van der Waals surface area contributed by atoms with Crippen molar-refractivity contribution in [1.82, 2.24) is 0 Å². The van der Waals surface area contributed by atoms with Crippen LogP contribution in [0.25, 0.3) is 10.8 Å². The summed E-state index contributed by atoms with van der Waals surface area (Å²) in [6.07, 6.45) is 14.0. The highest BCUT2D eigenvalue weighted by Crippen LogP contribution is 2.44. The number of rotatable bonds is 12. The minimum atomic E-state index is 0.788. The average molecular weight is 395 g/mol. The monoisotopic (exact) mass is 394 g/mol. The predicted molar refractivity (Wildman–Crippen MR) is 124 cm³/mol. The number of hydrogen-bond acceptors (Lipinski definition) is 2. The van der Waals surface area contributed by atoms with Crippen LogP contribution in [-0.2, 0) is 12.8 Å². The van der Waals surface area contributed by atoms with Gasteiger partial charge in [-0.15, -0.1) is 0 Å². The van der Waals surface area contributed by atoms with Crippen LogP contribution in [0, 0.1) is 0 Å². The lowest BCUT2D eigenvalue weighted by molar-refractivity contribution is 0.301. The van der Waals surface area contributed by atoms with E-state index >= 15 is 0 Å². The van der Waals surface area contributed by atoms with Gasteiger partial charge in [-0.25, -0.2) is 0 Å². The fourth-order valence-electron chi connectivity index (χ4n) is 4.19. The zero-order valence-corrected chi connectivity index (χ0v) is 18.7.